The van der Waals surface area contributed by atoms with Gasteiger partial charge in [0.15, 0.2) is 0 Å². The van der Waals surface area contributed by atoms with Crippen molar-refractivity contribution in [2.24, 2.45) is 0 Å². The van der Waals surface area contributed by atoms with Crippen LogP contribution < -0.4 is 5.32 Å². The first-order valence-electron chi connectivity index (χ1n) is 5.60. The molecule has 2 heterocycles. The summed E-state index contributed by atoms with van der Waals surface area (Å²) < 4.78 is 7.26. The second kappa shape index (κ2) is 5.82. The van der Waals surface area contributed by atoms with E-state index in [9.17, 15) is 0 Å². The first-order chi connectivity index (χ1) is 7.45. The minimum atomic E-state index is 0.607. The predicted octanol–water partition coefficient (Wildman–Crippen LogP) is 0.437. The minimum absolute atomic E-state index is 0.607. The molecule has 0 aromatic carbocycles. The molecule has 0 aliphatic carbocycles. The Balaban J connectivity index is 1.64. The molecule has 2 rings (SSSR count). The quantitative estimate of drug-likeness (QED) is 0.783. The monoisotopic (exact) mass is 210 g/mol. The van der Waals surface area contributed by atoms with Gasteiger partial charge in [0.25, 0.3) is 0 Å². The summed E-state index contributed by atoms with van der Waals surface area (Å²) in [5.74, 6) is 0. The van der Waals surface area contributed by atoms with Gasteiger partial charge in [-0.1, -0.05) is 5.21 Å². The van der Waals surface area contributed by atoms with E-state index < -0.39 is 0 Å². The Morgan fingerprint density at radius 3 is 3.27 bits per heavy atom. The van der Waals surface area contributed by atoms with Crippen LogP contribution in [0.1, 0.15) is 19.3 Å². The molecule has 0 amide bonds. The number of aromatic nitrogens is 3. The highest BCUT2D eigenvalue weighted by Gasteiger charge is 2.10. The Morgan fingerprint density at radius 2 is 2.40 bits per heavy atom. The van der Waals surface area contributed by atoms with Crippen molar-refractivity contribution < 1.29 is 4.74 Å². The second-order valence-corrected chi connectivity index (χ2v) is 3.86. The van der Waals surface area contributed by atoms with Crippen LogP contribution in [0.2, 0.25) is 0 Å². The Bertz CT molecular complexity index is 254. The molecular formula is C10H18N4O. The Kier molecular flexibility index (Phi) is 4.11. The van der Waals surface area contributed by atoms with E-state index in [0.717, 1.165) is 32.7 Å². The molecule has 0 radical (unpaired) electrons. The molecule has 5 nitrogen and oxygen atoms in total. The first-order valence-corrected chi connectivity index (χ1v) is 5.60. The number of ether oxygens (including phenoxy) is 1. The maximum absolute atomic E-state index is 5.41. The van der Waals surface area contributed by atoms with Crippen LogP contribution in [0.25, 0.3) is 0 Å². The standard InChI is InChI=1S/C10H18N4O/c1-2-10(3-9-15-8-1)11-4-6-14-7-5-12-13-14/h5,7,10-11H,1-4,6,8-9H2. The third-order valence-electron chi connectivity index (χ3n) is 2.70. The zero-order valence-corrected chi connectivity index (χ0v) is 8.93. The van der Waals surface area contributed by atoms with Gasteiger partial charge in [0, 0.05) is 32.0 Å². The molecule has 1 aromatic rings. The number of nitrogens with one attached hydrogen (secondary N) is 1. The minimum Gasteiger partial charge on any atom is -0.381 e. The van der Waals surface area contributed by atoms with Gasteiger partial charge in [0.05, 0.1) is 12.7 Å². The van der Waals surface area contributed by atoms with Crippen LogP contribution in [0.5, 0.6) is 0 Å². The molecule has 1 unspecified atom stereocenters. The Hall–Kier alpha value is -0.940. The molecule has 1 N–H and O–H groups in total. The van der Waals surface area contributed by atoms with Gasteiger partial charge in [-0.3, -0.25) is 4.68 Å². The fraction of sp³-hybridized carbons (Fsp3) is 0.800. The molecule has 0 spiro atoms. The van der Waals surface area contributed by atoms with Crippen molar-refractivity contribution in [2.75, 3.05) is 19.8 Å². The molecule has 1 atom stereocenters. The third kappa shape index (κ3) is 3.60. The predicted molar refractivity (Wildman–Crippen MR) is 56.5 cm³/mol. The van der Waals surface area contributed by atoms with Crippen molar-refractivity contribution in [1.82, 2.24) is 20.3 Å². The van der Waals surface area contributed by atoms with E-state index in [0.29, 0.717) is 6.04 Å². The summed E-state index contributed by atoms with van der Waals surface area (Å²) in [6.07, 6.45) is 7.10. The lowest BCUT2D eigenvalue weighted by Gasteiger charge is -2.15. The van der Waals surface area contributed by atoms with Crippen LogP contribution in [-0.4, -0.2) is 40.8 Å². The summed E-state index contributed by atoms with van der Waals surface area (Å²) >= 11 is 0. The van der Waals surface area contributed by atoms with Crippen LogP contribution in [0.3, 0.4) is 0 Å². The van der Waals surface area contributed by atoms with Gasteiger partial charge < -0.3 is 10.1 Å². The van der Waals surface area contributed by atoms with Gasteiger partial charge >= 0.3 is 0 Å². The van der Waals surface area contributed by atoms with Gasteiger partial charge in [0.1, 0.15) is 0 Å². The fourth-order valence-corrected chi connectivity index (χ4v) is 1.84. The van der Waals surface area contributed by atoms with E-state index in [1.807, 2.05) is 10.9 Å². The molecule has 0 bridgehead atoms. The topological polar surface area (TPSA) is 52.0 Å². The van der Waals surface area contributed by atoms with Gasteiger partial charge in [-0.05, 0) is 19.3 Å². The molecule has 1 aromatic heterocycles. The maximum atomic E-state index is 5.41. The largest absolute Gasteiger partial charge is 0.381 e. The molecule has 5 heteroatoms. The first kappa shape index (κ1) is 10.6. The maximum Gasteiger partial charge on any atom is 0.0692 e. The molecule has 0 saturated carbocycles. The summed E-state index contributed by atoms with van der Waals surface area (Å²) in [6, 6.07) is 0.607. The highest BCUT2D eigenvalue weighted by molar-refractivity contribution is 4.70. The SMILES string of the molecule is c1cn(CCNC2CCCOCC2)nn1. The van der Waals surface area contributed by atoms with E-state index in [-0.39, 0.29) is 0 Å². The van der Waals surface area contributed by atoms with E-state index in [1.54, 1.807) is 6.20 Å². The lowest BCUT2D eigenvalue weighted by molar-refractivity contribution is 0.142. The molecule has 84 valence electrons. The highest BCUT2D eigenvalue weighted by Crippen LogP contribution is 2.07. The van der Waals surface area contributed by atoms with Gasteiger partial charge in [-0.2, -0.15) is 0 Å². The van der Waals surface area contributed by atoms with Crippen molar-refractivity contribution in [3.63, 3.8) is 0 Å². The van der Waals surface area contributed by atoms with Crippen molar-refractivity contribution in [3.05, 3.63) is 12.4 Å². The number of rotatable bonds is 4. The van der Waals surface area contributed by atoms with Crippen LogP contribution in [0.4, 0.5) is 0 Å². The van der Waals surface area contributed by atoms with Crippen molar-refractivity contribution in [1.29, 1.82) is 0 Å². The zero-order valence-electron chi connectivity index (χ0n) is 8.93. The Labute approximate surface area is 89.8 Å². The molecule has 1 fully saturated rings. The molecule has 1 aliphatic rings. The molecule has 1 saturated heterocycles. The van der Waals surface area contributed by atoms with E-state index in [4.69, 9.17) is 4.74 Å². The highest BCUT2D eigenvalue weighted by atomic mass is 16.5. The van der Waals surface area contributed by atoms with Crippen molar-refractivity contribution in [2.45, 2.75) is 31.8 Å². The summed E-state index contributed by atoms with van der Waals surface area (Å²) in [5.41, 5.74) is 0. The van der Waals surface area contributed by atoms with Gasteiger partial charge in [0.2, 0.25) is 0 Å². The average Bonchev–Trinajstić information content (AvgIpc) is 2.62. The zero-order chi connectivity index (χ0) is 10.3. The molecule has 1 aliphatic heterocycles. The smallest absolute Gasteiger partial charge is 0.0692 e. The lowest BCUT2D eigenvalue weighted by Crippen LogP contribution is -2.32. The Morgan fingerprint density at radius 1 is 1.40 bits per heavy atom. The van der Waals surface area contributed by atoms with Crippen molar-refractivity contribution in [3.8, 4) is 0 Å². The molecular weight excluding hydrogens is 192 g/mol. The van der Waals surface area contributed by atoms with E-state index in [1.165, 1.54) is 12.8 Å². The third-order valence-corrected chi connectivity index (χ3v) is 2.70. The lowest BCUT2D eigenvalue weighted by atomic mass is 10.1. The number of hydrogen-bond acceptors (Lipinski definition) is 4. The van der Waals surface area contributed by atoms with Crippen LogP contribution in [-0.2, 0) is 11.3 Å². The fourth-order valence-electron chi connectivity index (χ4n) is 1.84. The molecule has 15 heavy (non-hydrogen) atoms. The second-order valence-electron chi connectivity index (χ2n) is 3.86. The number of hydrogen-bond donors (Lipinski definition) is 1. The number of nitrogens with zero attached hydrogens (tertiary/aromatic N) is 3. The normalized spacial score (nSPS) is 22.5. The van der Waals surface area contributed by atoms with Crippen LogP contribution in [0, 0.1) is 0 Å². The summed E-state index contributed by atoms with van der Waals surface area (Å²) in [6.45, 7) is 3.65. The van der Waals surface area contributed by atoms with Crippen LogP contribution in [0.15, 0.2) is 12.4 Å². The van der Waals surface area contributed by atoms with Gasteiger partial charge in [-0.25, -0.2) is 0 Å². The van der Waals surface area contributed by atoms with Crippen molar-refractivity contribution >= 4 is 0 Å². The summed E-state index contributed by atoms with van der Waals surface area (Å²) in [5, 5.41) is 11.2. The summed E-state index contributed by atoms with van der Waals surface area (Å²) in [7, 11) is 0. The van der Waals surface area contributed by atoms with E-state index >= 15 is 0 Å². The van der Waals surface area contributed by atoms with Crippen LogP contribution >= 0.6 is 0 Å². The van der Waals surface area contributed by atoms with Gasteiger partial charge in [-0.15, -0.1) is 5.10 Å². The summed E-state index contributed by atoms with van der Waals surface area (Å²) in [4.78, 5) is 0. The van der Waals surface area contributed by atoms with E-state index in [2.05, 4.69) is 15.6 Å². The average molecular weight is 210 g/mol.